The van der Waals surface area contributed by atoms with Crippen LogP contribution in [0.15, 0.2) is 24.3 Å². The summed E-state index contributed by atoms with van der Waals surface area (Å²) in [4.78, 5) is 19.9. The lowest BCUT2D eigenvalue weighted by atomic mass is 10.2. The van der Waals surface area contributed by atoms with E-state index >= 15 is 0 Å². The van der Waals surface area contributed by atoms with Gasteiger partial charge in [0.25, 0.3) is 5.69 Å². The quantitative estimate of drug-likeness (QED) is 0.448. The molecule has 0 fully saturated rings. The van der Waals surface area contributed by atoms with Gasteiger partial charge in [0.2, 0.25) is 0 Å². The van der Waals surface area contributed by atoms with Gasteiger partial charge in [0.1, 0.15) is 0 Å². The first-order valence-corrected chi connectivity index (χ1v) is 4.43. The molecule has 1 aromatic rings. The number of carboxylic acid groups (broad SMARTS) is 1. The first-order valence-electron chi connectivity index (χ1n) is 3.54. The van der Waals surface area contributed by atoms with E-state index in [1.54, 1.807) is 6.26 Å². The van der Waals surface area contributed by atoms with E-state index in [0.29, 0.717) is 0 Å². The number of nitro benzene ring substituents is 1. The van der Waals surface area contributed by atoms with Crippen molar-refractivity contribution < 1.29 is 14.8 Å². The molecule has 0 saturated heterocycles. The van der Waals surface area contributed by atoms with Crippen LogP contribution in [0.25, 0.3) is 0 Å². The zero-order chi connectivity index (χ0) is 11.1. The molecular weight excluding hydrogens is 206 g/mol. The highest BCUT2D eigenvalue weighted by molar-refractivity contribution is 7.79. The molecule has 0 bridgehead atoms. The summed E-state index contributed by atoms with van der Waals surface area (Å²) in [5, 5.41) is 18.7. The van der Waals surface area contributed by atoms with Crippen molar-refractivity contribution >= 4 is 24.3 Å². The second kappa shape index (κ2) is 5.98. The fourth-order valence-electron chi connectivity index (χ4n) is 0.753. The molecule has 0 heterocycles. The third kappa shape index (κ3) is 3.44. The highest BCUT2D eigenvalue weighted by atomic mass is 32.1. The summed E-state index contributed by atoms with van der Waals surface area (Å²) in [5.41, 5.74) is -0.292. The number of nitrogens with zero attached hydrogens (tertiary/aromatic N) is 1. The van der Waals surface area contributed by atoms with E-state index in [1.165, 1.54) is 18.2 Å². The van der Waals surface area contributed by atoms with Gasteiger partial charge in [-0.15, -0.1) is 0 Å². The van der Waals surface area contributed by atoms with Crippen molar-refractivity contribution in [3.63, 3.8) is 0 Å². The lowest BCUT2D eigenvalue weighted by Crippen LogP contribution is -1.97. The standard InChI is InChI=1S/C7H5NO4.CH4S/c9-7(10)5-2-1-3-6(4-5)8(11)12;1-2/h1-4H,(H,9,10);2H,1H3. The van der Waals surface area contributed by atoms with Gasteiger partial charge in [0.05, 0.1) is 10.5 Å². The molecule has 1 rings (SSSR count). The molecule has 0 aromatic heterocycles. The summed E-state index contributed by atoms with van der Waals surface area (Å²) < 4.78 is 0. The molecule has 1 aromatic carbocycles. The van der Waals surface area contributed by atoms with Gasteiger partial charge < -0.3 is 5.11 Å². The maximum Gasteiger partial charge on any atom is 0.335 e. The van der Waals surface area contributed by atoms with Gasteiger partial charge in [0.15, 0.2) is 0 Å². The summed E-state index contributed by atoms with van der Waals surface area (Å²) in [6.45, 7) is 0. The molecule has 0 aliphatic rings. The van der Waals surface area contributed by atoms with Gasteiger partial charge in [0, 0.05) is 12.1 Å². The summed E-state index contributed by atoms with van der Waals surface area (Å²) in [5.74, 6) is -1.17. The van der Waals surface area contributed by atoms with Crippen LogP contribution >= 0.6 is 12.6 Å². The molecule has 0 aliphatic heterocycles. The van der Waals surface area contributed by atoms with E-state index in [9.17, 15) is 14.9 Å². The van der Waals surface area contributed by atoms with Crippen molar-refractivity contribution in [3.8, 4) is 0 Å². The second-order valence-corrected chi connectivity index (χ2v) is 2.11. The van der Waals surface area contributed by atoms with E-state index in [4.69, 9.17) is 5.11 Å². The number of nitro groups is 1. The van der Waals surface area contributed by atoms with E-state index in [0.717, 1.165) is 6.07 Å². The maximum atomic E-state index is 10.4. The summed E-state index contributed by atoms with van der Waals surface area (Å²) >= 11 is 3.53. The Morgan fingerprint density at radius 2 is 2.07 bits per heavy atom. The van der Waals surface area contributed by atoms with Gasteiger partial charge in [-0.1, -0.05) is 6.07 Å². The average molecular weight is 215 g/mol. The zero-order valence-corrected chi connectivity index (χ0v) is 8.27. The molecular formula is C8H9NO4S. The van der Waals surface area contributed by atoms with E-state index < -0.39 is 10.9 Å². The van der Waals surface area contributed by atoms with Crippen LogP contribution in [0.2, 0.25) is 0 Å². The molecule has 0 aliphatic carbocycles. The van der Waals surface area contributed by atoms with Crippen LogP contribution in [0.5, 0.6) is 0 Å². The number of carbonyl (C=O) groups is 1. The van der Waals surface area contributed by atoms with Gasteiger partial charge in [-0.25, -0.2) is 4.79 Å². The molecule has 76 valence electrons. The normalized spacial score (nSPS) is 8.43. The Hall–Kier alpha value is -1.56. The number of carboxylic acids is 1. The number of benzene rings is 1. The third-order valence-electron chi connectivity index (χ3n) is 1.30. The fourth-order valence-corrected chi connectivity index (χ4v) is 0.753. The minimum Gasteiger partial charge on any atom is -0.478 e. The molecule has 0 atom stereocenters. The number of rotatable bonds is 2. The molecule has 5 nitrogen and oxygen atoms in total. The van der Waals surface area contributed by atoms with Crippen molar-refractivity contribution in [1.29, 1.82) is 0 Å². The van der Waals surface area contributed by atoms with E-state index in [1.807, 2.05) is 0 Å². The summed E-state index contributed by atoms with van der Waals surface area (Å²) in [7, 11) is 0. The maximum absolute atomic E-state index is 10.4. The predicted molar refractivity (Wildman–Crippen MR) is 55.0 cm³/mol. The third-order valence-corrected chi connectivity index (χ3v) is 1.30. The first kappa shape index (κ1) is 12.4. The Labute approximate surface area is 85.9 Å². The smallest absolute Gasteiger partial charge is 0.335 e. The van der Waals surface area contributed by atoms with Crippen LogP contribution in [0.4, 0.5) is 5.69 Å². The van der Waals surface area contributed by atoms with Crippen LogP contribution < -0.4 is 0 Å². The second-order valence-electron chi connectivity index (χ2n) is 2.11. The molecule has 0 spiro atoms. The lowest BCUT2D eigenvalue weighted by molar-refractivity contribution is -0.384. The SMILES string of the molecule is CS.O=C(O)c1cccc([N+](=O)[O-])c1. The fraction of sp³-hybridized carbons (Fsp3) is 0.125. The van der Waals surface area contributed by atoms with E-state index in [2.05, 4.69) is 12.6 Å². The Balaban J connectivity index is 0.000000791. The van der Waals surface area contributed by atoms with Crippen LogP contribution in [0, 0.1) is 10.1 Å². The largest absolute Gasteiger partial charge is 0.478 e. The van der Waals surface area contributed by atoms with Crippen molar-refractivity contribution in [2.24, 2.45) is 0 Å². The van der Waals surface area contributed by atoms with Crippen LogP contribution in [-0.4, -0.2) is 22.3 Å². The van der Waals surface area contributed by atoms with Gasteiger partial charge >= 0.3 is 5.97 Å². The number of hydrogen-bond acceptors (Lipinski definition) is 4. The Morgan fingerprint density at radius 1 is 1.50 bits per heavy atom. The highest BCUT2D eigenvalue weighted by Crippen LogP contribution is 2.12. The molecule has 1 N–H and O–H groups in total. The molecule has 6 heteroatoms. The van der Waals surface area contributed by atoms with Crippen LogP contribution in [0.1, 0.15) is 10.4 Å². The Morgan fingerprint density at radius 3 is 2.50 bits per heavy atom. The lowest BCUT2D eigenvalue weighted by Gasteiger charge is -1.92. The zero-order valence-electron chi connectivity index (χ0n) is 7.38. The monoisotopic (exact) mass is 215 g/mol. The predicted octanol–water partition coefficient (Wildman–Crippen LogP) is 1.84. The van der Waals surface area contributed by atoms with Crippen molar-refractivity contribution in [1.82, 2.24) is 0 Å². The Bertz CT molecular complexity index is 311. The molecule has 0 radical (unpaired) electrons. The molecule has 14 heavy (non-hydrogen) atoms. The van der Waals surface area contributed by atoms with Gasteiger partial charge in [-0.2, -0.15) is 12.6 Å². The number of non-ortho nitro benzene ring substituents is 1. The van der Waals surface area contributed by atoms with Gasteiger partial charge in [-0.05, 0) is 12.3 Å². The van der Waals surface area contributed by atoms with Gasteiger partial charge in [-0.3, -0.25) is 10.1 Å². The van der Waals surface area contributed by atoms with Crippen molar-refractivity contribution in [2.45, 2.75) is 0 Å². The molecule has 0 amide bonds. The number of thiol groups is 1. The summed E-state index contributed by atoms with van der Waals surface area (Å²) in [6, 6.07) is 4.89. The number of aromatic carboxylic acids is 1. The van der Waals surface area contributed by atoms with Crippen LogP contribution in [0.3, 0.4) is 0 Å². The number of hydrogen-bond donors (Lipinski definition) is 2. The van der Waals surface area contributed by atoms with Crippen molar-refractivity contribution in [3.05, 3.63) is 39.9 Å². The minimum absolute atomic E-state index is 0.0794. The topological polar surface area (TPSA) is 80.4 Å². The summed E-state index contributed by atoms with van der Waals surface area (Å²) in [6.07, 6.45) is 1.69. The van der Waals surface area contributed by atoms with E-state index in [-0.39, 0.29) is 11.3 Å². The molecule has 0 unspecified atom stereocenters. The molecule has 0 saturated carbocycles. The Kier molecular flexibility index (Phi) is 5.31. The van der Waals surface area contributed by atoms with Crippen LogP contribution in [-0.2, 0) is 0 Å². The average Bonchev–Trinajstić information content (AvgIpc) is 2.21. The first-order chi connectivity index (χ1) is 6.61. The van der Waals surface area contributed by atoms with Crippen molar-refractivity contribution in [2.75, 3.05) is 6.26 Å². The minimum atomic E-state index is -1.17. The highest BCUT2D eigenvalue weighted by Gasteiger charge is 2.08.